The number of nitrogens with zero attached hydrogens (tertiary/aromatic N) is 3. The van der Waals surface area contributed by atoms with Crippen LogP contribution in [0.5, 0.6) is 0 Å². The van der Waals surface area contributed by atoms with Crippen molar-refractivity contribution in [1.82, 2.24) is 14.6 Å². The number of carboxylic acid groups (broad SMARTS) is 1. The number of aromatic nitrogens is 3. The predicted molar refractivity (Wildman–Crippen MR) is 76.9 cm³/mol. The van der Waals surface area contributed by atoms with Crippen LogP contribution in [0.25, 0.3) is 16.2 Å². The summed E-state index contributed by atoms with van der Waals surface area (Å²) in [5, 5.41) is 19.1. The highest BCUT2D eigenvalue weighted by molar-refractivity contribution is 7.15. The summed E-state index contributed by atoms with van der Waals surface area (Å²) in [6.45, 7) is 0. The van der Waals surface area contributed by atoms with Crippen LogP contribution in [0.15, 0.2) is 35.7 Å². The van der Waals surface area contributed by atoms with Gasteiger partial charge in [-0.2, -0.15) is 0 Å². The number of aryl methyl sites for hydroxylation is 1. The second kappa shape index (κ2) is 5.42. The summed E-state index contributed by atoms with van der Waals surface area (Å²) in [7, 11) is 0. The number of hydrogen-bond donors (Lipinski definition) is 1. The molecule has 0 bridgehead atoms. The molecule has 0 aliphatic carbocycles. The molecular weight excluding hydrogens is 274 g/mol. The summed E-state index contributed by atoms with van der Waals surface area (Å²) in [6, 6.07) is 10.1. The SMILES string of the molecule is O=C(O)CCCc1nnc2scc(-c3ccccc3)n12. The van der Waals surface area contributed by atoms with E-state index in [2.05, 4.69) is 15.6 Å². The van der Waals surface area contributed by atoms with Gasteiger partial charge in [0.25, 0.3) is 0 Å². The van der Waals surface area contributed by atoms with Crippen LogP contribution >= 0.6 is 11.3 Å². The lowest BCUT2D eigenvalue weighted by Gasteiger charge is -2.02. The number of aliphatic carboxylic acids is 1. The van der Waals surface area contributed by atoms with Crippen molar-refractivity contribution in [2.75, 3.05) is 0 Å². The Hall–Kier alpha value is -2.21. The molecule has 0 unspecified atom stereocenters. The maximum atomic E-state index is 10.6. The molecule has 2 aromatic heterocycles. The van der Waals surface area contributed by atoms with Crippen molar-refractivity contribution in [3.63, 3.8) is 0 Å². The maximum absolute atomic E-state index is 10.6. The third-order valence-electron chi connectivity index (χ3n) is 3.08. The molecule has 0 saturated heterocycles. The van der Waals surface area contributed by atoms with E-state index in [-0.39, 0.29) is 6.42 Å². The van der Waals surface area contributed by atoms with Crippen LogP contribution in [0.2, 0.25) is 0 Å². The van der Waals surface area contributed by atoms with Crippen molar-refractivity contribution in [3.05, 3.63) is 41.5 Å². The Morgan fingerprint density at radius 2 is 2.05 bits per heavy atom. The van der Waals surface area contributed by atoms with Crippen molar-refractivity contribution in [1.29, 1.82) is 0 Å². The van der Waals surface area contributed by atoms with Gasteiger partial charge in [-0.3, -0.25) is 9.20 Å². The highest BCUT2D eigenvalue weighted by atomic mass is 32.1. The highest BCUT2D eigenvalue weighted by Gasteiger charge is 2.13. The Morgan fingerprint density at radius 3 is 2.80 bits per heavy atom. The van der Waals surface area contributed by atoms with Gasteiger partial charge in [0.2, 0.25) is 4.96 Å². The number of carboxylic acids is 1. The first-order chi connectivity index (χ1) is 9.75. The van der Waals surface area contributed by atoms with E-state index in [1.165, 1.54) is 0 Å². The van der Waals surface area contributed by atoms with Gasteiger partial charge in [0, 0.05) is 18.2 Å². The maximum Gasteiger partial charge on any atom is 0.303 e. The summed E-state index contributed by atoms with van der Waals surface area (Å²) < 4.78 is 2.02. The van der Waals surface area contributed by atoms with Gasteiger partial charge < -0.3 is 5.11 Å². The summed E-state index contributed by atoms with van der Waals surface area (Å²) in [4.78, 5) is 11.4. The molecule has 0 saturated carbocycles. The zero-order valence-corrected chi connectivity index (χ0v) is 11.5. The Morgan fingerprint density at radius 1 is 1.25 bits per heavy atom. The molecule has 5 nitrogen and oxygen atoms in total. The zero-order valence-electron chi connectivity index (χ0n) is 10.7. The van der Waals surface area contributed by atoms with E-state index in [1.807, 2.05) is 34.7 Å². The number of carbonyl (C=O) groups is 1. The molecule has 0 amide bonds. The van der Waals surface area contributed by atoms with E-state index < -0.39 is 5.97 Å². The average Bonchev–Trinajstić information content (AvgIpc) is 3.02. The van der Waals surface area contributed by atoms with Gasteiger partial charge >= 0.3 is 5.97 Å². The van der Waals surface area contributed by atoms with E-state index in [0.29, 0.717) is 12.8 Å². The molecule has 0 aliphatic heterocycles. The van der Waals surface area contributed by atoms with Gasteiger partial charge in [0.05, 0.1) is 5.69 Å². The number of fused-ring (bicyclic) bond motifs is 1. The molecule has 3 aromatic rings. The first-order valence-corrected chi connectivity index (χ1v) is 7.22. The smallest absolute Gasteiger partial charge is 0.303 e. The van der Waals surface area contributed by atoms with Crippen LogP contribution in [0.4, 0.5) is 0 Å². The second-order valence-electron chi connectivity index (χ2n) is 4.47. The van der Waals surface area contributed by atoms with Crippen LogP contribution < -0.4 is 0 Å². The van der Waals surface area contributed by atoms with Gasteiger partial charge in [-0.1, -0.05) is 30.3 Å². The number of rotatable bonds is 5. The van der Waals surface area contributed by atoms with E-state index in [1.54, 1.807) is 11.3 Å². The van der Waals surface area contributed by atoms with Gasteiger partial charge in [0.15, 0.2) is 0 Å². The van der Waals surface area contributed by atoms with Crippen molar-refractivity contribution < 1.29 is 9.90 Å². The van der Waals surface area contributed by atoms with Crippen molar-refractivity contribution in [3.8, 4) is 11.3 Å². The molecule has 1 aromatic carbocycles. The quantitative estimate of drug-likeness (QED) is 0.783. The molecule has 0 radical (unpaired) electrons. The lowest BCUT2D eigenvalue weighted by Crippen LogP contribution is -2.00. The largest absolute Gasteiger partial charge is 0.481 e. The highest BCUT2D eigenvalue weighted by Crippen LogP contribution is 2.26. The van der Waals surface area contributed by atoms with Crippen molar-refractivity contribution in [2.24, 2.45) is 0 Å². The minimum Gasteiger partial charge on any atom is -0.481 e. The summed E-state index contributed by atoms with van der Waals surface area (Å²) in [5.74, 6) is 0.0423. The van der Waals surface area contributed by atoms with Gasteiger partial charge in [-0.05, 0) is 12.0 Å². The lowest BCUT2D eigenvalue weighted by molar-refractivity contribution is -0.137. The number of benzene rings is 1. The standard InChI is InChI=1S/C14H13N3O2S/c18-13(19)8-4-7-12-15-16-14-17(12)11(9-20-14)10-5-2-1-3-6-10/h1-3,5-6,9H,4,7-8H2,(H,18,19). The molecule has 0 spiro atoms. The molecule has 102 valence electrons. The molecule has 6 heteroatoms. The number of thiazole rings is 1. The Labute approximate surface area is 119 Å². The van der Waals surface area contributed by atoms with Gasteiger partial charge in [-0.15, -0.1) is 21.5 Å². The summed E-state index contributed by atoms with van der Waals surface area (Å²) in [6.07, 6.45) is 1.34. The first kappa shape index (κ1) is 12.8. The second-order valence-corrected chi connectivity index (χ2v) is 5.31. The van der Waals surface area contributed by atoms with Crippen LogP contribution in [-0.4, -0.2) is 25.7 Å². The third kappa shape index (κ3) is 2.42. The first-order valence-electron chi connectivity index (χ1n) is 6.34. The van der Waals surface area contributed by atoms with Crippen molar-refractivity contribution >= 4 is 22.3 Å². The number of hydrogen-bond acceptors (Lipinski definition) is 4. The molecule has 1 N–H and O–H groups in total. The fraction of sp³-hybridized carbons (Fsp3) is 0.214. The van der Waals surface area contributed by atoms with Crippen LogP contribution in [0.1, 0.15) is 18.7 Å². The summed E-state index contributed by atoms with van der Waals surface area (Å²) >= 11 is 1.54. The molecule has 0 fully saturated rings. The minimum atomic E-state index is -0.778. The lowest BCUT2D eigenvalue weighted by atomic mass is 10.2. The van der Waals surface area contributed by atoms with Crippen LogP contribution in [0, 0.1) is 0 Å². The normalized spacial score (nSPS) is 11.0. The van der Waals surface area contributed by atoms with Crippen LogP contribution in [-0.2, 0) is 11.2 Å². The fourth-order valence-electron chi connectivity index (χ4n) is 2.15. The Balaban J connectivity index is 1.94. The van der Waals surface area contributed by atoms with Crippen LogP contribution in [0.3, 0.4) is 0 Å². The molecule has 2 heterocycles. The monoisotopic (exact) mass is 287 g/mol. The van der Waals surface area contributed by atoms with E-state index >= 15 is 0 Å². The fourth-order valence-corrected chi connectivity index (χ4v) is 3.00. The van der Waals surface area contributed by atoms with E-state index in [4.69, 9.17) is 5.11 Å². The van der Waals surface area contributed by atoms with Gasteiger partial charge in [0.1, 0.15) is 5.82 Å². The Kier molecular flexibility index (Phi) is 3.47. The molecule has 0 aliphatic rings. The Bertz CT molecular complexity index is 733. The third-order valence-corrected chi connectivity index (χ3v) is 3.89. The molecule has 20 heavy (non-hydrogen) atoms. The average molecular weight is 287 g/mol. The van der Waals surface area contributed by atoms with Crippen molar-refractivity contribution in [2.45, 2.75) is 19.3 Å². The van der Waals surface area contributed by atoms with Gasteiger partial charge in [-0.25, -0.2) is 0 Å². The minimum absolute atomic E-state index is 0.153. The van der Waals surface area contributed by atoms with E-state index in [0.717, 1.165) is 22.0 Å². The predicted octanol–water partition coefficient (Wildman–Crippen LogP) is 2.87. The molecular formula is C14H13N3O2S. The zero-order chi connectivity index (χ0) is 13.9. The molecule has 3 rings (SSSR count). The summed E-state index contributed by atoms with van der Waals surface area (Å²) in [5.41, 5.74) is 2.17. The molecule has 0 atom stereocenters. The topological polar surface area (TPSA) is 67.5 Å². The van der Waals surface area contributed by atoms with E-state index in [9.17, 15) is 4.79 Å².